The minimum absolute atomic E-state index is 0.723. The standard InChI is InChI=1S/C9H16ClOPS/c1-9-4-7-12(13,8-9)11-6-3-2-5-10/h8H,2-7H2,1H3. The lowest BCUT2D eigenvalue weighted by Gasteiger charge is -2.23. The van der Waals surface area contributed by atoms with Gasteiger partial charge in [-0.25, -0.2) is 0 Å². The normalized spacial score (nSPS) is 27.8. The molecular weight excluding hydrogens is 223 g/mol. The molecule has 0 saturated carbocycles. The van der Waals surface area contributed by atoms with Crippen molar-refractivity contribution in [2.24, 2.45) is 0 Å². The van der Waals surface area contributed by atoms with Crippen LogP contribution in [0.4, 0.5) is 0 Å². The van der Waals surface area contributed by atoms with E-state index in [1.165, 1.54) is 5.57 Å². The van der Waals surface area contributed by atoms with E-state index < -0.39 is 6.69 Å². The van der Waals surface area contributed by atoms with Crippen LogP contribution >= 0.6 is 18.3 Å². The van der Waals surface area contributed by atoms with Crippen LogP contribution in [0.3, 0.4) is 0 Å². The van der Waals surface area contributed by atoms with E-state index in [1.54, 1.807) is 0 Å². The van der Waals surface area contributed by atoms with Gasteiger partial charge in [0.1, 0.15) is 0 Å². The van der Waals surface area contributed by atoms with Gasteiger partial charge in [0.05, 0.1) is 25.3 Å². The van der Waals surface area contributed by atoms with E-state index in [2.05, 4.69) is 12.7 Å². The number of rotatable bonds is 5. The predicted octanol–water partition coefficient (Wildman–Crippen LogP) is 3.72. The molecule has 0 N–H and O–H groups in total. The molecular formula is C9H16ClOPS. The lowest BCUT2D eigenvalue weighted by Crippen LogP contribution is -1.96. The third kappa shape index (κ3) is 4.20. The second-order valence-corrected chi connectivity index (χ2v) is 8.05. The summed E-state index contributed by atoms with van der Waals surface area (Å²) in [6.45, 7) is 1.38. The molecule has 76 valence electrons. The fraction of sp³-hybridized carbons (Fsp3) is 0.778. The van der Waals surface area contributed by atoms with Crippen LogP contribution in [-0.2, 0) is 16.8 Å². The Kier molecular flexibility index (Phi) is 5.10. The number of allylic oxidation sites excluding steroid dienone is 1. The number of alkyl halides is 1. The molecule has 0 saturated heterocycles. The van der Waals surface area contributed by atoms with Crippen molar-refractivity contribution in [3.05, 3.63) is 11.4 Å². The maximum Gasteiger partial charge on any atom is 0.0885 e. The topological polar surface area (TPSA) is 9.23 Å². The number of unbranched alkanes of at least 4 members (excludes halogenated alkanes) is 1. The van der Waals surface area contributed by atoms with E-state index in [1.807, 2.05) is 0 Å². The van der Waals surface area contributed by atoms with Crippen molar-refractivity contribution < 1.29 is 4.52 Å². The van der Waals surface area contributed by atoms with Gasteiger partial charge in [0, 0.05) is 12.3 Å². The number of hydrogen-bond donors (Lipinski definition) is 0. The lowest BCUT2D eigenvalue weighted by atomic mass is 10.3. The Hall–Kier alpha value is 0.770. The van der Waals surface area contributed by atoms with E-state index in [0.29, 0.717) is 0 Å². The van der Waals surface area contributed by atoms with E-state index in [9.17, 15) is 0 Å². The lowest BCUT2D eigenvalue weighted by molar-refractivity contribution is 0.344. The van der Waals surface area contributed by atoms with Crippen molar-refractivity contribution in [3.8, 4) is 0 Å². The molecule has 1 atom stereocenters. The maximum absolute atomic E-state index is 5.75. The minimum Gasteiger partial charge on any atom is -0.520 e. The molecule has 1 aliphatic heterocycles. The highest BCUT2D eigenvalue weighted by Crippen LogP contribution is 2.64. The van der Waals surface area contributed by atoms with Crippen molar-refractivity contribution >= 4 is 30.5 Å². The zero-order valence-electron chi connectivity index (χ0n) is 7.96. The SMILES string of the molecule is CC1=C[P+]([S-])(OCCCCCl)CC1. The average Bonchev–Trinajstić information content (AvgIpc) is 2.41. The van der Waals surface area contributed by atoms with E-state index in [4.69, 9.17) is 28.4 Å². The molecule has 4 heteroatoms. The third-order valence-electron chi connectivity index (χ3n) is 2.07. The predicted molar refractivity (Wildman–Crippen MR) is 63.4 cm³/mol. The molecule has 1 nitrogen and oxygen atoms in total. The maximum atomic E-state index is 5.75. The Bertz CT molecular complexity index is 198. The largest absolute Gasteiger partial charge is 0.520 e. The first-order chi connectivity index (χ1) is 6.16. The zero-order valence-corrected chi connectivity index (χ0v) is 10.4. The van der Waals surface area contributed by atoms with Crippen molar-refractivity contribution in [1.29, 1.82) is 0 Å². The molecule has 1 aliphatic rings. The van der Waals surface area contributed by atoms with Gasteiger partial charge < -0.3 is 12.2 Å². The van der Waals surface area contributed by atoms with Crippen LogP contribution < -0.4 is 0 Å². The van der Waals surface area contributed by atoms with Crippen LogP contribution in [0.1, 0.15) is 26.2 Å². The molecule has 0 spiro atoms. The summed E-state index contributed by atoms with van der Waals surface area (Å²) in [6.07, 6.45) is 4.26. The second kappa shape index (κ2) is 5.60. The quantitative estimate of drug-likeness (QED) is 0.312. The summed E-state index contributed by atoms with van der Waals surface area (Å²) in [7, 11) is 0. The zero-order chi connectivity index (χ0) is 9.73. The fourth-order valence-electron chi connectivity index (χ4n) is 1.31. The van der Waals surface area contributed by atoms with Crippen molar-refractivity contribution in [1.82, 2.24) is 0 Å². The highest BCUT2D eigenvalue weighted by atomic mass is 35.5. The van der Waals surface area contributed by atoms with Gasteiger partial charge in [-0.3, -0.25) is 4.52 Å². The van der Waals surface area contributed by atoms with Crippen LogP contribution in [0, 0.1) is 0 Å². The van der Waals surface area contributed by atoms with Crippen LogP contribution in [0.25, 0.3) is 0 Å². The number of hydrogen-bond acceptors (Lipinski definition) is 2. The summed E-state index contributed by atoms with van der Waals surface area (Å²) in [6, 6.07) is 0. The molecule has 13 heavy (non-hydrogen) atoms. The Morgan fingerprint density at radius 1 is 1.62 bits per heavy atom. The molecule has 0 aromatic carbocycles. The van der Waals surface area contributed by atoms with Gasteiger partial charge in [0.25, 0.3) is 0 Å². The smallest absolute Gasteiger partial charge is 0.0885 e. The van der Waals surface area contributed by atoms with Crippen LogP contribution in [0.15, 0.2) is 11.4 Å². The van der Waals surface area contributed by atoms with Gasteiger partial charge in [0.15, 0.2) is 0 Å². The summed E-state index contributed by atoms with van der Waals surface area (Å²) in [5.74, 6) is 2.91. The summed E-state index contributed by atoms with van der Waals surface area (Å²) < 4.78 is 5.75. The van der Waals surface area contributed by atoms with E-state index >= 15 is 0 Å². The van der Waals surface area contributed by atoms with E-state index in [-0.39, 0.29) is 0 Å². The first-order valence-electron chi connectivity index (χ1n) is 4.64. The van der Waals surface area contributed by atoms with Gasteiger partial charge in [0.2, 0.25) is 0 Å². The summed E-state index contributed by atoms with van der Waals surface area (Å²) in [5.41, 5.74) is 1.40. The molecule has 1 rings (SSSR count). The molecule has 0 radical (unpaired) electrons. The summed E-state index contributed by atoms with van der Waals surface area (Å²) in [5, 5.41) is 0. The molecule has 0 aliphatic carbocycles. The number of halogens is 1. The Morgan fingerprint density at radius 3 is 2.92 bits per heavy atom. The van der Waals surface area contributed by atoms with Crippen molar-refractivity contribution in [2.45, 2.75) is 26.2 Å². The minimum atomic E-state index is -1.54. The molecule has 1 heterocycles. The molecule has 0 aromatic rings. The van der Waals surface area contributed by atoms with Crippen LogP contribution in [-0.4, -0.2) is 18.6 Å². The average molecular weight is 239 g/mol. The third-order valence-corrected chi connectivity index (χ3v) is 5.82. The summed E-state index contributed by atoms with van der Waals surface area (Å²) >= 11 is 11.0. The van der Waals surface area contributed by atoms with Gasteiger partial charge >= 0.3 is 0 Å². The van der Waals surface area contributed by atoms with Crippen molar-refractivity contribution in [3.63, 3.8) is 0 Å². The monoisotopic (exact) mass is 238 g/mol. The molecule has 1 unspecified atom stereocenters. The Balaban J connectivity index is 2.20. The molecule has 0 amide bonds. The molecule has 0 fully saturated rings. The molecule has 0 aromatic heterocycles. The van der Waals surface area contributed by atoms with Gasteiger partial charge in [-0.15, -0.1) is 11.6 Å². The Morgan fingerprint density at radius 2 is 2.38 bits per heavy atom. The highest BCUT2D eigenvalue weighted by Gasteiger charge is 2.27. The second-order valence-electron chi connectivity index (χ2n) is 3.40. The fourth-order valence-corrected chi connectivity index (χ4v) is 4.78. The van der Waals surface area contributed by atoms with Gasteiger partial charge in [-0.2, -0.15) is 0 Å². The molecule has 0 bridgehead atoms. The van der Waals surface area contributed by atoms with Crippen LogP contribution in [0.2, 0.25) is 0 Å². The van der Waals surface area contributed by atoms with Crippen LogP contribution in [0.5, 0.6) is 0 Å². The van der Waals surface area contributed by atoms with Crippen molar-refractivity contribution in [2.75, 3.05) is 18.6 Å². The highest BCUT2D eigenvalue weighted by molar-refractivity contribution is 8.41. The van der Waals surface area contributed by atoms with Gasteiger partial charge in [-0.1, -0.05) is 0 Å². The first-order valence-corrected chi connectivity index (χ1v) is 8.15. The van der Waals surface area contributed by atoms with Gasteiger partial charge in [-0.05, 0) is 25.3 Å². The first kappa shape index (κ1) is 11.8. The summed E-state index contributed by atoms with van der Waals surface area (Å²) in [4.78, 5) is 0. The Labute approximate surface area is 91.5 Å². The van der Waals surface area contributed by atoms with E-state index in [0.717, 1.165) is 37.9 Å².